The summed E-state index contributed by atoms with van der Waals surface area (Å²) in [6, 6.07) is 4.86. The number of alkyl halides is 3. The van der Waals surface area contributed by atoms with Gasteiger partial charge < -0.3 is 4.74 Å². The number of hydrogen-bond acceptors (Lipinski definition) is 6. The molecular weight excluding hydrogens is 473 g/mol. The molecule has 0 aromatic carbocycles. The number of amides is 1. The number of ether oxygens (including phenoxy) is 1. The minimum Gasteiger partial charge on any atom is -0.473 e. The first kappa shape index (κ1) is 23.7. The Bertz CT molecular complexity index is 1130. The van der Waals surface area contributed by atoms with Crippen molar-refractivity contribution >= 4 is 28.5 Å². The molecule has 1 saturated carbocycles. The zero-order valence-corrected chi connectivity index (χ0v) is 18.4. The van der Waals surface area contributed by atoms with Gasteiger partial charge in [-0.2, -0.15) is 18.3 Å². The SMILES string of the molecule is Cc1nn(C)cc1S(=O)NC(=O)c1ccc(-n2ccc(OC3CC3)n2)nc1Cl.FC(F)F. The molecule has 3 aromatic rings. The number of aromatic nitrogens is 5. The molecule has 1 N–H and O–H groups in total. The minimum absolute atomic E-state index is 0.0185. The van der Waals surface area contributed by atoms with Crippen LogP contribution in [0.5, 0.6) is 5.88 Å². The number of carbonyl (C=O) groups is 1. The highest BCUT2D eigenvalue weighted by atomic mass is 35.5. The minimum atomic E-state index is -3.67. The maximum absolute atomic E-state index is 12.4. The number of hydrogen-bond donors (Lipinski definition) is 1. The summed E-state index contributed by atoms with van der Waals surface area (Å²) in [5.74, 6) is 0.366. The van der Waals surface area contributed by atoms with E-state index in [1.54, 1.807) is 38.5 Å². The molecule has 0 radical (unpaired) electrons. The number of halogens is 4. The van der Waals surface area contributed by atoms with Crippen molar-refractivity contribution in [2.24, 2.45) is 7.05 Å². The molecule has 9 nitrogen and oxygen atoms in total. The van der Waals surface area contributed by atoms with Crippen molar-refractivity contribution in [2.45, 2.75) is 37.4 Å². The Kier molecular flexibility index (Phi) is 7.51. The normalized spacial score (nSPS) is 14.0. The molecule has 14 heteroatoms. The number of nitrogens with zero attached hydrogens (tertiary/aromatic N) is 5. The summed E-state index contributed by atoms with van der Waals surface area (Å²) >= 11 is 6.18. The number of pyridine rings is 1. The summed E-state index contributed by atoms with van der Waals surface area (Å²) in [5, 5.41) is 8.39. The molecule has 1 aliphatic carbocycles. The first-order chi connectivity index (χ1) is 15.1. The third kappa shape index (κ3) is 6.29. The van der Waals surface area contributed by atoms with Gasteiger partial charge in [0.2, 0.25) is 5.88 Å². The van der Waals surface area contributed by atoms with Gasteiger partial charge in [0.05, 0.1) is 11.3 Å². The summed E-state index contributed by atoms with van der Waals surface area (Å²) < 4.78 is 52.5. The number of carbonyl (C=O) groups excluding carboxylic acids is 1. The Balaban J connectivity index is 0.000000668. The Morgan fingerprint density at radius 1 is 1.28 bits per heavy atom. The van der Waals surface area contributed by atoms with E-state index in [2.05, 4.69) is 19.9 Å². The van der Waals surface area contributed by atoms with Gasteiger partial charge in [0.1, 0.15) is 16.2 Å². The predicted molar refractivity (Wildman–Crippen MR) is 109 cm³/mol. The highest BCUT2D eigenvalue weighted by Crippen LogP contribution is 2.26. The summed E-state index contributed by atoms with van der Waals surface area (Å²) in [5.41, 5.74) is 0.686. The molecule has 1 fully saturated rings. The third-order valence-electron chi connectivity index (χ3n) is 4.04. The number of aryl methyl sites for hydroxylation is 2. The molecule has 0 aliphatic heterocycles. The molecule has 4 rings (SSSR count). The fourth-order valence-corrected chi connectivity index (χ4v) is 3.71. The van der Waals surface area contributed by atoms with E-state index in [9.17, 15) is 22.2 Å². The van der Waals surface area contributed by atoms with E-state index in [0.717, 1.165) is 12.8 Å². The molecule has 3 heterocycles. The van der Waals surface area contributed by atoms with E-state index in [4.69, 9.17) is 16.3 Å². The predicted octanol–water partition coefficient (Wildman–Crippen LogP) is 3.13. The summed E-state index contributed by atoms with van der Waals surface area (Å²) in [7, 11) is -0.0406. The Labute approximate surface area is 188 Å². The molecule has 3 aromatic heterocycles. The molecule has 0 saturated heterocycles. The summed E-state index contributed by atoms with van der Waals surface area (Å²) in [6.07, 6.45) is 5.63. The maximum Gasteiger partial charge on any atom is 0.379 e. The second kappa shape index (κ2) is 10.1. The van der Waals surface area contributed by atoms with Crippen molar-refractivity contribution in [3.63, 3.8) is 0 Å². The van der Waals surface area contributed by atoms with Crippen LogP contribution in [0.1, 0.15) is 28.9 Å². The monoisotopic (exact) mass is 490 g/mol. The van der Waals surface area contributed by atoms with Gasteiger partial charge in [0, 0.05) is 25.5 Å². The first-order valence-corrected chi connectivity index (χ1v) is 10.7. The van der Waals surface area contributed by atoms with Gasteiger partial charge in [-0.25, -0.2) is 13.9 Å². The van der Waals surface area contributed by atoms with Crippen LogP contribution in [0.25, 0.3) is 5.82 Å². The Morgan fingerprint density at radius 3 is 2.53 bits per heavy atom. The topological polar surface area (TPSA) is 104 Å². The van der Waals surface area contributed by atoms with Crippen LogP contribution < -0.4 is 9.46 Å². The molecular formula is C18H18ClF3N6O3S. The largest absolute Gasteiger partial charge is 0.473 e. The fourth-order valence-electron chi connectivity index (χ4n) is 2.53. The second-order valence-corrected chi connectivity index (χ2v) is 8.16. The van der Waals surface area contributed by atoms with Gasteiger partial charge in [0.25, 0.3) is 5.91 Å². The van der Waals surface area contributed by atoms with Gasteiger partial charge in [-0.1, -0.05) is 11.6 Å². The van der Waals surface area contributed by atoms with Crippen LogP contribution in [0.15, 0.2) is 35.5 Å². The van der Waals surface area contributed by atoms with Gasteiger partial charge in [-0.3, -0.25) is 14.2 Å². The van der Waals surface area contributed by atoms with Crippen LogP contribution in [0, 0.1) is 6.92 Å². The highest BCUT2D eigenvalue weighted by Gasteiger charge is 2.24. The molecule has 32 heavy (non-hydrogen) atoms. The molecule has 1 atom stereocenters. The number of nitrogens with one attached hydrogen (secondary N) is 1. The van der Waals surface area contributed by atoms with E-state index >= 15 is 0 Å². The Morgan fingerprint density at radius 2 is 1.97 bits per heavy atom. The zero-order chi connectivity index (χ0) is 23.4. The average Bonchev–Trinajstić information content (AvgIpc) is 3.27. The van der Waals surface area contributed by atoms with Crippen molar-refractivity contribution in [1.82, 2.24) is 29.3 Å². The van der Waals surface area contributed by atoms with Gasteiger partial charge in [0.15, 0.2) is 16.8 Å². The van der Waals surface area contributed by atoms with Crippen LogP contribution in [0.3, 0.4) is 0 Å². The molecule has 0 bridgehead atoms. The van der Waals surface area contributed by atoms with E-state index in [0.29, 0.717) is 22.3 Å². The van der Waals surface area contributed by atoms with Crippen molar-refractivity contribution in [3.05, 3.63) is 47.0 Å². The van der Waals surface area contributed by atoms with Gasteiger partial charge in [-0.05, 0) is 31.9 Å². The Hall–Kier alpha value is -2.93. The van der Waals surface area contributed by atoms with E-state index in [-0.39, 0.29) is 16.8 Å². The third-order valence-corrected chi connectivity index (χ3v) is 5.50. The van der Waals surface area contributed by atoms with Crippen molar-refractivity contribution in [2.75, 3.05) is 0 Å². The van der Waals surface area contributed by atoms with E-state index in [1.807, 2.05) is 0 Å². The van der Waals surface area contributed by atoms with Crippen LogP contribution in [-0.4, -0.2) is 47.4 Å². The molecule has 1 aliphatic rings. The second-order valence-electron chi connectivity index (χ2n) is 6.62. The first-order valence-electron chi connectivity index (χ1n) is 9.18. The van der Waals surface area contributed by atoms with Gasteiger partial charge >= 0.3 is 6.68 Å². The van der Waals surface area contributed by atoms with Crippen LogP contribution >= 0.6 is 11.6 Å². The molecule has 1 unspecified atom stereocenters. The highest BCUT2D eigenvalue weighted by molar-refractivity contribution is 7.83. The molecule has 0 spiro atoms. The van der Waals surface area contributed by atoms with Crippen LogP contribution in [0.4, 0.5) is 13.2 Å². The van der Waals surface area contributed by atoms with Crippen LogP contribution in [0.2, 0.25) is 5.15 Å². The van der Waals surface area contributed by atoms with E-state index in [1.165, 1.54) is 15.4 Å². The summed E-state index contributed by atoms with van der Waals surface area (Å²) in [6.45, 7) is -1.95. The maximum atomic E-state index is 12.4. The van der Waals surface area contributed by atoms with Crippen LogP contribution in [-0.2, 0) is 18.0 Å². The lowest BCUT2D eigenvalue weighted by atomic mass is 10.3. The van der Waals surface area contributed by atoms with Crippen molar-refractivity contribution in [3.8, 4) is 11.7 Å². The lowest BCUT2D eigenvalue weighted by Gasteiger charge is -2.07. The quantitative estimate of drug-likeness (QED) is 0.532. The average molecular weight is 491 g/mol. The van der Waals surface area contributed by atoms with Crippen molar-refractivity contribution < 1.29 is 26.9 Å². The smallest absolute Gasteiger partial charge is 0.379 e. The number of rotatable bonds is 6. The van der Waals surface area contributed by atoms with Crippen molar-refractivity contribution in [1.29, 1.82) is 0 Å². The van der Waals surface area contributed by atoms with E-state index < -0.39 is 23.6 Å². The fraction of sp³-hybridized carbons (Fsp3) is 0.333. The standard InChI is InChI=1S/C17H17ClN6O3S.CHF3/c1-10-13(9-23(2)20-10)28(26)22-17(25)12-5-6-14(19-16(12)18)24-8-7-15(21-24)27-11-3-4-11;2-1(3)4/h5-9,11H,3-4H2,1-2H3,(H,22,25);1H. The zero-order valence-electron chi connectivity index (χ0n) is 16.8. The lowest BCUT2D eigenvalue weighted by molar-refractivity contribution is 0.00818. The molecule has 172 valence electrons. The summed E-state index contributed by atoms with van der Waals surface area (Å²) in [4.78, 5) is 17.1. The van der Waals surface area contributed by atoms with Gasteiger partial charge in [-0.15, -0.1) is 5.10 Å². The lowest BCUT2D eigenvalue weighted by Crippen LogP contribution is -2.26. The molecule has 1 amide bonds.